The molecule has 1 N–H and O–H groups in total. The monoisotopic (exact) mass is 272 g/mol. The molecular formula is C15H16N2OS. The first-order valence-electron chi connectivity index (χ1n) is 6.18. The average molecular weight is 272 g/mol. The molecule has 1 aromatic heterocycles. The van der Waals surface area contributed by atoms with Gasteiger partial charge in [-0.15, -0.1) is 11.3 Å². The van der Waals surface area contributed by atoms with E-state index < -0.39 is 0 Å². The highest BCUT2D eigenvalue weighted by molar-refractivity contribution is 7.13. The Labute approximate surface area is 117 Å². The summed E-state index contributed by atoms with van der Waals surface area (Å²) in [5.74, 6) is -0.191. The van der Waals surface area contributed by atoms with Gasteiger partial charge in [-0.05, 0) is 37.6 Å². The quantitative estimate of drug-likeness (QED) is 0.673. The zero-order valence-electron chi connectivity index (χ0n) is 11.0. The van der Waals surface area contributed by atoms with E-state index in [-0.39, 0.29) is 5.91 Å². The van der Waals surface area contributed by atoms with Crippen molar-refractivity contribution in [1.29, 1.82) is 0 Å². The van der Waals surface area contributed by atoms with Crippen molar-refractivity contribution in [2.75, 3.05) is 0 Å². The largest absolute Gasteiger partial charge is 0.271 e. The van der Waals surface area contributed by atoms with E-state index in [1.165, 1.54) is 4.88 Å². The van der Waals surface area contributed by atoms with E-state index in [0.717, 1.165) is 16.9 Å². The van der Waals surface area contributed by atoms with Crippen LogP contribution in [0.2, 0.25) is 0 Å². The number of amides is 1. The zero-order valence-corrected chi connectivity index (χ0v) is 11.8. The summed E-state index contributed by atoms with van der Waals surface area (Å²) < 4.78 is 0. The molecule has 1 aromatic carbocycles. The summed E-state index contributed by atoms with van der Waals surface area (Å²) in [5, 5.41) is 3.97. The zero-order chi connectivity index (χ0) is 13.7. The van der Waals surface area contributed by atoms with Crippen LogP contribution in [0.4, 0.5) is 0 Å². The number of hydrogen-bond donors (Lipinski definition) is 1. The number of nitrogens with one attached hydrogen (secondary N) is 1. The summed E-state index contributed by atoms with van der Waals surface area (Å²) in [4.78, 5) is 14.1. The number of carbonyl (C=O) groups excluding carboxylic acids is 1. The molecule has 0 spiro atoms. The standard InChI is InChI=1S/C15H16N2OS/c1-3-13-8-9-14(19-13)10-16-17-15(18)12-6-4-11(2)5-7-12/h4-10H,3H2,1-2H3,(H,17,18)/b16-10+. The Bertz CT molecular complexity index is 584. The second kappa shape index (κ2) is 6.29. The lowest BCUT2D eigenvalue weighted by atomic mass is 10.1. The minimum Gasteiger partial charge on any atom is -0.267 e. The van der Waals surface area contributed by atoms with Gasteiger partial charge in [0.2, 0.25) is 0 Å². The van der Waals surface area contributed by atoms with Gasteiger partial charge in [0.1, 0.15) is 0 Å². The number of hydrogen-bond acceptors (Lipinski definition) is 3. The minimum absolute atomic E-state index is 0.191. The molecule has 0 radical (unpaired) electrons. The number of nitrogens with zero attached hydrogens (tertiary/aromatic N) is 1. The fraction of sp³-hybridized carbons (Fsp3) is 0.200. The van der Waals surface area contributed by atoms with Crippen LogP contribution < -0.4 is 5.43 Å². The predicted octanol–water partition coefficient (Wildman–Crippen LogP) is 3.38. The van der Waals surface area contributed by atoms with Crippen LogP contribution >= 0.6 is 11.3 Å². The van der Waals surface area contributed by atoms with Crippen LogP contribution in [0.3, 0.4) is 0 Å². The molecule has 0 saturated carbocycles. The van der Waals surface area contributed by atoms with Crippen LogP contribution in [0.25, 0.3) is 0 Å². The number of rotatable bonds is 4. The Morgan fingerprint density at radius 1 is 1.26 bits per heavy atom. The van der Waals surface area contributed by atoms with Crippen molar-refractivity contribution >= 4 is 23.5 Å². The van der Waals surface area contributed by atoms with Crippen molar-refractivity contribution in [2.24, 2.45) is 5.10 Å². The van der Waals surface area contributed by atoms with Gasteiger partial charge in [-0.1, -0.05) is 24.6 Å². The highest BCUT2D eigenvalue weighted by Crippen LogP contribution is 2.14. The van der Waals surface area contributed by atoms with E-state index in [1.54, 1.807) is 29.7 Å². The molecular weight excluding hydrogens is 256 g/mol. The normalized spacial score (nSPS) is 10.8. The van der Waals surface area contributed by atoms with E-state index in [0.29, 0.717) is 5.56 Å². The first-order valence-corrected chi connectivity index (χ1v) is 6.99. The summed E-state index contributed by atoms with van der Waals surface area (Å²) in [6.45, 7) is 4.11. The Morgan fingerprint density at radius 2 is 2.00 bits per heavy atom. The van der Waals surface area contributed by atoms with Crippen molar-refractivity contribution < 1.29 is 4.79 Å². The van der Waals surface area contributed by atoms with Crippen LogP contribution in [0.5, 0.6) is 0 Å². The van der Waals surface area contributed by atoms with E-state index in [4.69, 9.17) is 0 Å². The maximum absolute atomic E-state index is 11.8. The third kappa shape index (κ3) is 3.76. The number of hydrazone groups is 1. The Kier molecular flexibility index (Phi) is 4.47. The number of aryl methyl sites for hydroxylation is 2. The van der Waals surface area contributed by atoms with Crippen LogP contribution in [0, 0.1) is 6.92 Å². The molecule has 0 aliphatic carbocycles. The molecule has 19 heavy (non-hydrogen) atoms. The topological polar surface area (TPSA) is 41.5 Å². The van der Waals surface area contributed by atoms with Gasteiger partial charge >= 0.3 is 0 Å². The first kappa shape index (κ1) is 13.5. The number of thiophene rings is 1. The van der Waals surface area contributed by atoms with E-state index in [2.05, 4.69) is 23.5 Å². The maximum atomic E-state index is 11.8. The van der Waals surface area contributed by atoms with E-state index in [9.17, 15) is 4.79 Å². The third-order valence-corrected chi connectivity index (χ3v) is 3.87. The van der Waals surface area contributed by atoms with Crippen LogP contribution in [-0.4, -0.2) is 12.1 Å². The Hall–Kier alpha value is -1.94. The second-order valence-electron chi connectivity index (χ2n) is 4.22. The molecule has 1 amide bonds. The summed E-state index contributed by atoms with van der Waals surface area (Å²) >= 11 is 1.68. The maximum Gasteiger partial charge on any atom is 0.271 e. The van der Waals surface area contributed by atoms with Crippen molar-refractivity contribution in [1.82, 2.24) is 5.43 Å². The molecule has 98 valence electrons. The summed E-state index contributed by atoms with van der Waals surface area (Å²) in [5.41, 5.74) is 4.28. The highest BCUT2D eigenvalue weighted by atomic mass is 32.1. The predicted molar refractivity (Wildman–Crippen MR) is 79.9 cm³/mol. The SMILES string of the molecule is CCc1ccc(/C=N/NC(=O)c2ccc(C)cc2)s1. The second-order valence-corrected chi connectivity index (χ2v) is 5.42. The fourth-order valence-corrected chi connectivity index (χ4v) is 2.40. The number of carbonyl (C=O) groups is 1. The van der Waals surface area contributed by atoms with Gasteiger partial charge in [0.05, 0.1) is 6.21 Å². The van der Waals surface area contributed by atoms with Crippen molar-refractivity contribution in [2.45, 2.75) is 20.3 Å². The molecule has 0 atom stereocenters. The lowest BCUT2D eigenvalue weighted by Gasteiger charge is -1.99. The molecule has 2 rings (SSSR count). The van der Waals surface area contributed by atoms with E-state index in [1.807, 2.05) is 25.1 Å². The Balaban J connectivity index is 1.94. The summed E-state index contributed by atoms with van der Waals surface area (Å²) in [7, 11) is 0. The first-order chi connectivity index (χ1) is 9.19. The van der Waals surface area contributed by atoms with Gasteiger partial charge in [0.15, 0.2) is 0 Å². The summed E-state index contributed by atoms with van der Waals surface area (Å²) in [6, 6.07) is 11.5. The van der Waals surface area contributed by atoms with Crippen molar-refractivity contribution in [3.8, 4) is 0 Å². The smallest absolute Gasteiger partial charge is 0.267 e. The summed E-state index contributed by atoms with van der Waals surface area (Å²) in [6.07, 6.45) is 2.70. The van der Waals surface area contributed by atoms with Gasteiger partial charge < -0.3 is 0 Å². The lowest BCUT2D eigenvalue weighted by molar-refractivity contribution is 0.0955. The van der Waals surface area contributed by atoms with Gasteiger partial charge in [-0.3, -0.25) is 4.79 Å². The molecule has 4 heteroatoms. The molecule has 0 fully saturated rings. The van der Waals surface area contributed by atoms with Crippen LogP contribution in [0.15, 0.2) is 41.5 Å². The highest BCUT2D eigenvalue weighted by Gasteiger charge is 2.02. The molecule has 0 aliphatic rings. The number of benzene rings is 1. The molecule has 0 saturated heterocycles. The van der Waals surface area contributed by atoms with Crippen molar-refractivity contribution in [3.05, 3.63) is 57.3 Å². The molecule has 3 nitrogen and oxygen atoms in total. The Morgan fingerprint density at radius 3 is 2.63 bits per heavy atom. The molecule has 1 heterocycles. The van der Waals surface area contributed by atoms with Gasteiger partial charge in [-0.25, -0.2) is 5.43 Å². The van der Waals surface area contributed by atoms with Crippen LogP contribution in [-0.2, 0) is 6.42 Å². The van der Waals surface area contributed by atoms with Gasteiger partial charge in [0, 0.05) is 15.3 Å². The molecule has 2 aromatic rings. The lowest BCUT2D eigenvalue weighted by Crippen LogP contribution is -2.17. The molecule has 0 bridgehead atoms. The van der Waals surface area contributed by atoms with E-state index >= 15 is 0 Å². The minimum atomic E-state index is -0.191. The van der Waals surface area contributed by atoms with Crippen molar-refractivity contribution in [3.63, 3.8) is 0 Å². The van der Waals surface area contributed by atoms with Gasteiger partial charge in [0.25, 0.3) is 5.91 Å². The average Bonchev–Trinajstić information content (AvgIpc) is 2.87. The molecule has 0 aliphatic heterocycles. The van der Waals surface area contributed by atoms with Crippen LogP contribution in [0.1, 0.15) is 32.6 Å². The third-order valence-electron chi connectivity index (χ3n) is 2.70. The molecule has 0 unspecified atom stereocenters. The fourth-order valence-electron chi connectivity index (χ4n) is 1.58. The van der Waals surface area contributed by atoms with Gasteiger partial charge in [-0.2, -0.15) is 5.10 Å².